The Balaban J connectivity index is 2.53. The van der Waals surface area contributed by atoms with Crippen molar-refractivity contribution >= 4 is 5.97 Å². The van der Waals surface area contributed by atoms with Crippen molar-refractivity contribution in [3.63, 3.8) is 0 Å². The van der Waals surface area contributed by atoms with E-state index >= 15 is 0 Å². The van der Waals surface area contributed by atoms with Crippen LogP contribution in [0.5, 0.6) is 5.75 Å². The first-order valence-electron chi connectivity index (χ1n) is 4.33. The molecule has 0 heterocycles. The van der Waals surface area contributed by atoms with Gasteiger partial charge in [0.2, 0.25) is 0 Å². The smallest absolute Gasteiger partial charge is 0.308 e. The number of benzene rings is 1. The Kier molecular flexibility index (Phi) is 3.94. The number of para-hydroxylation sites is 1. The van der Waals surface area contributed by atoms with Gasteiger partial charge in [-0.2, -0.15) is 0 Å². The third kappa shape index (κ3) is 3.45. The van der Waals surface area contributed by atoms with E-state index in [-0.39, 0.29) is 6.42 Å². The lowest BCUT2D eigenvalue weighted by Crippen LogP contribution is -2.33. The van der Waals surface area contributed by atoms with Gasteiger partial charge < -0.3 is 9.84 Å². The molecule has 0 saturated carbocycles. The molecule has 4 heteroatoms. The quantitative estimate of drug-likeness (QED) is 0.690. The maximum Gasteiger partial charge on any atom is 0.308 e. The van der Waals surface area contributed by atoms with Gasteiger partial charge in [-0.25, -0.2) is 0 Å². The predicted octanol–water partition coefficient (Wildman–Crippen LogP) is 1.09. The lowest BCUT2D eigenvalue weighted by molar-refractivity contribution is -0.139. The SMILES string of the molecule is CNC(CC(=O)O)Oc1ccccc1. The molecule has 14 heavy (non-hydrogen) atoms. The first-order chi connectivity index (χ1) is 6.72. The molecule has 1 aromatic rings. The Hall–Kier alpha value is -1.55. The molecule has 1 aromatic carbocycles. The summed E-state index contributed by atoms with van der Waals surface area (Å²) in [6, 6.07) is 9.11. The van der Waals surface area contributed by atoms with Crippen LogP contribution in [0.15, 0.2) is 30.3 Å². The normalized spacial score (nSPS) is 12.1. The van der Waals surface area contributed by atoms with Crippen molar-refractivity contribution in [3.8, 4) is 5.75 Å². The van der Waals surface area contributed by atoms with Gasteiger partial charge in [0.25, 0.3) is 0 Å². The van der Waals surface area contributed by atoms with Crippen molar-refractivity contribution in [1.29, 1.82) is 0 Å². The number of hydrogen-bond donors (Lipinski definition) is 2. The minimum absolute atomic E-state index is 0.0641. The molecule has 1 unspecified atom stereocenters. The Morgan fingerprint density at radius 3 is 2.64 bits per heavy atom. The second-order valence-corrected chi connectivity index (χ2v) is 2.81. The minimum atomic E-state index is -0.889. The van der Waals surface area contributed by atoms with E-state index in [9.17, 15) is 4.79 Å². The molecule has 0 radical (unpaired) electrons. The van der Waals surface area contributed by atoms with Gasteiger partial charge in [-0.05, 0) is 19.2 Å². The maximum atomic E-state index is 10.4. The Bertz CT molecular complexity index is 287. The van der Waals surface area contributed by atoms with Crippen molar-refractivity contribution in [3.05, 3.63) is 30.3 Å². The summed E-state index contributed by atoms with van der Waals surface area (Å²) >= 11 is 0. The first kappa shape index (κ1) is 10.5. The van der Waals surface area contributed by atoms with E-state index in [1.807, 2.05) is 18.2 Å². The second kappa shape index (κ2) is 5.24. The van der Waals surface area contributed by atoms with Crippen molar-refractivity contribution in [2.24, 2.45) is 0 Å². The van der Waals surface area contributed by atoms with Crippen molar-refractivity contribution in [2.45, 2.75) is 12.6 Å². The molecule has 0 aliphatic rings. The molecule has 0 amide bonds. The monoisotopic (exact) mass is 195 g/mol. The molecule has 0 aliphatic heterocycles. The zero-order valence-corrected chi connectivity index (χ0v) is 7.93. The van der Waals surface area contributed by atoms with Crippen LogP contribution in [0.3, 0.4) is 0 Å². The summed E-state index contributed by atoms with van der Waals surface area (Å²) in [7, 11) is 1.66. The molecule has 1 rings (SSSR count). The van der Waals surface area contributed by atoms with E-state index in [4.69, 9.17) is 9.84 Å². The zero-order chi connectivity index (χ0) is 10.4. The van der Waals surface area contributed by atoms with E-state index in [1.54, 1.807) is 19.2 Å². The van der Waals surface area contributed by atoms with Crippen molar-refractivity contribution < 1.29 is 14.6 Å². The third-order valence-electron chi connectivity index (χ3n) is 1.70. The largest absolute Gasteiger partial charge is 0.481 e. The fourth-order valence-electron chi connectivity index (χ4n) is 1.02. The lowest BCUT2D eigenvalue weighted by atomic mass is 10.3. The summed E-state index contributed by atoms with van der Waals surface area (Å²) in [5.41, 5.74) is 0. The fraction of sp³-hybridized carbons (Fsp3) is 0.300. The molecule has 0 aromatic heterocycles. The van der Waals surface area contributed by atoms with Crippen LogP contribution in [0.4, 0.5) is 0 Å². The highest BCUT2D eigenvalue weighted by Gasteiger charge is 2.11. The van der Waals surface area contributed by atoms with Gasteiger partial charge in [0.1, 0.15) is 5.75 Å². The highest BCUT2D eigenvalue weighted by Crippen LogP contribution is 2.10. The van der Waals surface area contributed by atoms with Crippen LogP contribution in [-0.4, -0.2) is 24.4 Å². The summed E-state index contributed by atoms with van der Waals surface area (Å²) < 4.78 is 5.38. The molecule has 0 saturated heterocycles. The molecular formula is C10H13NO3. The number of carboxylic acids is 1. The highest BCUT2D eigenvalue weighted by molar-refractivity contribution is 5.67. The third-order valence-corrected chi connectivity index (χ3v) is 1.70. The Morgan fingerprint density at radius 2 is 2.14 bits per heavy atom. The van der Waals surface area contributed by atoms with Crippen molar-refractivity contribution in [1.82, 2.24) is 5.32 Å². The van der Waals surface area contributed by atoms with Gasteiger partial charge in [-0.3, -0.25) is 10.1 Å². The number of carboxylic acid groups (broad SMARTS) is 1. The van der Waals surface area contributed by atoms with Crippen LogP contribution < -0.4 is 10.1 Å². The number of nitrogens with one attached hydrogen (secondary N) is 1. The number of carbonyl (C=O) groups is 1. The molecular weight excluding hydrogens is 182 g/mol. The molecule has 0 bridgehead atoms. The van der Waals surface area contributed by atoms with Gasteiger partial charge in [-0.1, -0.05) is 18.2 Å². The fourth-order valence-corrected chi connectivity index (χ4v) is 1.02. The Labute approximate surface area is 82.5 Å². The number of ether oxygens (including phenoxy) is 1. The zero-order valence-electron chi connectivity index (χ0n) is 7.93. The van der Waals surface area contributed by atoms with Crippen LogP contribution >= 0.6 is 0 Å². The topological polar surface area (TPSA) is 58.6 Å². The van der Waals surface area contributed by atoms with Gasteiger partial charge in [0.15, 0.2) is 6.23 Å². The van der Waals surface area contributed by atoms with Gasteiger partial charge in [-0.15, -0.1) is 0 Å². The summed E-state index contributed by atoms with van der Waals surface area (Å²) in [5.74, 6) is -0.228. The van der Waals surface area contributed by atoms with Crippen LogP contribution in [-0.2, 0) is 4.79 Å². The first-order valence-corrected chi connectivity index (χ1v) is 4.33. The van der Waals surface area contributed by atoms with E-state index in [0.717, 1.165) is 0 Å². The standard InChI is InChI=1S/C10H13NO3/c1-11-9(7-10(12)13)14-8-5-3-2-4-6-8/h2-6,9,11H,7H2,1H3,(H,12,13). The van der Waals surface area contributed by atoms with E-state index in [1.165, 1.54) is 0 Å². The average Bonchev–Trinajstić information content (AvgIpc) is 2.17. The molecule has 2 N–H and O–H groups in total. The average molecular weight is 195 g/mol. The maximum absolute atomic E-state index is 10.4. The second-order valence-electron chi connectivity index (χ2n) is 2.81. The van der Waals surface area contributed by atoms with Gasteiger partial charge in [0.05, 0.1) is 6.42 Å². The number of hydrogen-bond acceptors (Lipinski definition) is 3. The van der Waals surface area contributed by atoms with Crippen LogP contribution in [0.2, 0.25) is 0 Å². The molecule has 76 valence electrons. The molecule has 0 spiro atoms. The van der Waals surface area contributed by atoms with Gasteiger partial charge in [0, 0.05) is 0 Å². The van der Waals surface area contributed by atoms with Crippen LogP contribution in [0.25, 0.3) is 0 Å². The summed E-state index contributed by atoms with van der Waals surface area (Å²) in [5, 5.41) is 11.4. The van der Waals surface area contributed by atoms with Crippen LogP contribution in [0, 0.1) is 0 Å². The van der Waals surface area contributed by atoms with Crippen molar-refractivity contribution in [2.75, 3.05) is 7.05 Å². The molecule has 0 fully saturated rings. The van der Waals surface area contributed by atoms with Crippen LogP contribution in [0.1, 0.15) is 6.42 Å². The molecule has 1 atom stereocenters. The minimum Gasteiger partial charge on any atom is -0.481 e. The highest BCUT2D eigenvalue weighted by atomic mass is 16.5. The summed E-state index contributed by atoms with van der Waals surface area (Å²) in [6.45, 7) is 0. The number of rotatable bonds is 5. The number of aliphatic carboxylic acids is 1. The predicted molar refractivity (Wildman–Crippen MR) is 52.2 cm³/mol. The molecule has 0 aliphatic carbocycles. The van der Waals surface area contributed by atoms with E-state index in [2.05, 4.69) is 5.32 Å². The van der Waals surface area contributed by atoms with E-state index < -0.39 is 12.2 Å². The summed E-state index contributed by atoms with van der Waals surface area (Å²) in [6.07, 6.45) is -0.555. The van der Waals surface area contributed by atoms with Gasteiger partial charge >= 0.3 is 5.97 Å². The lowest BCUT2D eigenvalue weighted by Gasteiger charge is -2.16. The molecule has 4 nitrogen and oxygen atoms in total. The Morgan fingerprint density at radius 1 is 1.50 bits per heavy atom. The van der Waals surface area contributed by atoms with E-state index in [0.29, 0.717) is 5.75 Å². The summed E-state index contributed by atoms with van der Waals surface area (Å²) in [4.78, 5) is 10.4.